The highest BCUT2D eigenvalue weighted by Gasteiger charge is 2.17. The number of ketones is 1. The van der Waals surface area contributed by atoms with Gasteiger partial charge in [0.15, 0.2) is 17.3 Å². The second-order valence-electron chi connectivity index (χ2n) is 5.19. The van der Waals surface area contributed by atoms with Gasteiger partial charge in [-0.05, 0) is 19.1 Å². The third-order valence-electron chi connectivity index (χ3n) is 3.48. The molecule has 1 heterocycles. The number of benzene rings is 2. The molecule has 6 nitrogen and oxygen atoms in total. The Morgan fingerprint density at radius 3 is 2.58 bits per heavy atom. The molecular formula is C17H15ClN2O4. The van der Waals surface area contributed by atoms with Crippen LogP contribution >= 0.6 is 11.6 Å². The zero-order valence-electron chi connectivity index (χ0n) is 12.9. The van der Waals surface area contributed by atoms with Gasteiger partial charge < -0.3 is 20.1 Å². The van der Waals surface area contributed by atoms with E-state index in [4.69, 9.17) is 21.1 Å². The van der Waals surface area contributed by atoms with Crippen LogP contribution < -0.4 is 20.1 Å². The van der Waals surface area contributed by atoms with E-state index >= 15 is 0 Å². The van der Waals surface area contributed by atoms with Gasteiger partial charge in [-0.25, -0.2) is 0 Å². The molecule has 1 aliphatic rings. The molecule has 124 valence electrons. The Bertz CT molecular complexity index is 807. The summed E-state index contributed by atoms with van der Waals surface area (Å²) in [4.78, 5) is 23.7. The maximum absolute atomic E-state index is 12.1. The molecule has 1 amide bonds. The highest BCUT2D eigenvalue weighted by Crippen LogP contribution is 2.39. The van der Waals surface area contributed by atoms with E-state index in [1.54, 1.807) is 36.4 Å². The van der Waals surface area contributed by atoms with Gasteiger partial charge in [-0.2, -0.15) is 0 Å². The first kappa shape index (κ1) is 16.1. The van der Waals surface area contributed by atoms with Gasteiger partial charge in [-0.3, -0.25) is 9.59 Å². The van der Waals surface area contributed by atoms with Crippen LogP contribution in [0, 0.1) is 0 Å². The number of amides is 1. The SMILES string of the molecule is CC(=O)c1ccccc1NCC(=O)Nc1cc2c(cc1Cl)OCO2. The van der Waals surface area contributed by atoms with Crippen LogP contribution in [0.15, 0.2) is 36.4 Å². The Morgan fingerprint density at radius 1 is 1.12 bits per heavy atom. The average Bonchev–Trinajstić information content (AvgIpc) is 3.00. The van der Waals surface area contributed by atoms with Crippen LogP contribution in [0.4, 0.5) is 11.4 Å². The van der Waals surface area contributed by atoms with Crippen molar-refractivity contribution in [3.8, 4) is 11.5 Å². The van der Waals surface area contributed by atoms with Crippen LogP contribution in [0.3, 0.4) is 0 Å². The number of ether oxygens (including phenoxy) is 2. The van der Waals surface area contributed by atoms with Crippen molar-refractivity contribution >= 4 is 34.7 Å². The standard InChI is InChI=1S/C17H15ClN2O4/c1-10(21)11-4-2-3-5-13(11)19-8-17(22)20-14-7-16-15(6-12(14)18)23-9-24-16/h2-7,19H,8-9H2,1H3,(H,20,22). The molecule has 0 fully saturated rings. The van der Waals surface area contributed by atoms with E-state index in [0.717, 1.165) is 0 Å². The lowest BCUT2D eigenvalue weighted by Crippen LogP contribution is -2.22. The molecule has 0 saturated heterocycles. The largest absolute Gasteiger partial charge is 0.454 e. The lowest BCUT2D eigenvalue weighted by atomic mass is 10.1. The smallest absolute Gasteiger partial charge is 0.243 e. The molecule has 0 unspecified atom stereocenters. The zero-order valence-corrected chi connectivity index (χ0v) is 13.6. The quantitative estimate of drug-likeness (QED) is 0.812. The monoisotopic (exact) mass is 346 g/mol. The molecule has 2 aromatic rings. The molecule has 0 aliphatic carbocycles. The van der Waals surface area contributed by atoms with Gasteiger partial charge in [0.25, 0.3) is 0 Å². The summed E-state index contributed by atoms with van der Waals surface area (Å²) >= 11 is 6.12. The highest BCUT2D eigenvalue weighted by molar-refractivity contribution is 6.34. The summed E-state index contributed by atoms with van der Waals surface area (Å²) in [6.45, 7) is 1.61. The molecule has 1 aliphatic heterocycles. The second kappa shape index (κ2) is 6.80. The van der Waals surface area contributed by atoms with E-state index < -0.39 is 0 Å². The van der Waals surface area contributed by atoms with E-state index in [1.807, 2.05) is 0 Å². The predicted octanol–water partition coefficient (Wildman–Crippen LogP) is 3.32. The molecule has 24 heavy (non-hydrogen) atoms. The summed E-state index contributed by atoms with van der Waals surface area (Å²) < 4.78 is 10.5. The Labute approximate surface area is 143 Å². The molecule has 0 spiro atoms. The van der Waals surface area contributed by atoms with Gasteiger partial charge in [0.05, 0.1) is 17.3 Å². The van der Waals surface area contributed by atoms with Gasteiger partial charge in [-0.15, -0.1) is 0 Å². The fourth-order valence-electron chi connectivity index (χ4n) is 2.33. The number of anilines is 2. The zero-order chi connectivity index (χ0) is 17.1. The van der Waals surface area contributed by atoms with Crippen LogP contribution in [0.5, 0.6) is 11.5 Å². The Kier molecular flexibility index (Phi) is 4.57. The Morgan fingerprint density at radius 2 is 1.83 bits per heavy atom. The van der Waals surface area contributed by atoms with Crippen LogP contribution in [0.1, 0.15) is 17.3 Å². The number of Topliss-reactive ketones (excluding diaryl/α,β-unsaturated/α-hetero) is 1. The molecule has 0 saturated carbocycles. The number of rotatable bonds is 5. The third-order valence-corrected chi connectivity index (χ3v) is 3.79. The van der Waals surface area contributed by atoms with Crippen LogP contribution in [-0.4, -0.2) is 25.0 Å². The van der Waals surface area contributed by atoms with Crippen molar-refractivity contribution in [2.75, 3.05) is 24.0 Å². The first-order chi connectivity index (χ1) is 11.5. The maximum atomic E-state index is 12.1. The number of halogens is 1. The maximum Gasteiger partial charge on any atom is 0.243 e. The third kappa shape index (κ3) is 3.44. The van der Waals surface area contributed by atoms with Crippen LogP contribution in [0.2, 0.25) is 5.02 Å². The number of fused-ring (bicyclic) bond motifs is 1. The fraction of sp³-hybridized carbons (Fsp3) is 0.176. The number of carbonyl (C=O) groups excluding carboxylic acids is 2. The van der Waals surface area contributed by atoms with Crippen molar-refractivity contribution in [1.82, 2.24) is 0 Å². The lowest BCUT2D eigenvalue weighted by Gasteiger charge is -2.11. The summed E-state index contributed by atoms with van der Waals surface area (Å²) in [7, 11) is 0. The predicted molar refractivity (Wildman–Crippen MR) is 91.1 cm³/mol. The molecule has 0 bridgehead atoms. The van der Waals surface area contributed by atoms with Crippen LogP contribution in [0.25, 0.3) is 0 Å². The summed E-state index contributed by atoms with van der Waals surface area (Å²) in [5.41, 5.74) is 1.58. The van der Waals surface area contributed by atoms with E-state index in [2.05, 4.69) is 10.6 Å². The minimum atomic E-state index is -0.297. The summed E-state index contributed by atoms with van der Waals surface area (Å²) in [6.07, 6.45) is 0. The number of para-hydroxylation sites is 1. The molecule has 3 rings (SSSR count). The van der Waals surface area contributed by atoms with Crippen molar-refractivity contribution in [2.24, 2.45) is 0 Å². The van der Waals surface area contributed by atoms with Gasteiger partial charge >= 0.3 is 0 Å². The summed E-state index contributed by atoms with van der Waals surface area (Å²) in [5, 5.41) is 6.02. The van der Waals surface area contributed by atoms with Crippen molar-refractivity contribution in [3.05, 3.63) is 47.0 Å². The van der Waals surface area contributed by atoms with Gasteiger partial charge in [0, 0.05) is 23.4 Å². The van der Waals surface area contributed by atoms with Crippen LogP contribution in [-0.2, 0) is 4.79 Å². The molecular weight excluding hydrogens is 332 g/mol. The molecule has 0 aromatic heterocycles. The highest BCUT2D eigenvalue weighted by atomic mass is 35.5. The summed E-state index contributed by atoms with van der Waals surface area (Å²) in [6, 6.07) is 10.2. The van der Waals surface area contributed by atoms with E-state index in [1.165, 1.54) is 6.92 Å². The van der Waals surface area contributed by atoms with Gasteiger partial charge in [-0.1, -0.05) is 23.7 Å². The van der Waals surface area contributed by atoms with Gasteiger partial charge in [0.2, 0.25) is 12.7 Å². The topological polar surface area (TPSA) is 76.7 Å². The normalized spacial score (nSPS) is 11.9. The molecule has 2 aromatic carbocycles. The van der Waals surface area contributed by atoms with E-state index in [0.29, 0.717) is 33.5 Å². The minimum absolute atomic E-state index is 0.00490. The Balaban J connectivity index is 1.66. The Hall–Kier alpha value is -2.73. The first-order valence-corrected chi connectivity index (χ1v) is 7.65. The number of carbonyl (C=O) groups is 2. The second-order valence-corrected chi connectivity index (χ2v) is 5.60. The van der Waals surface area contributed by atoms with Crippen molar-refractivity contribution in [3.63, 3.8) is 0 Å². The molecule has 2 N–H and O–H groups in total. The number of hydrogen-bond acceptors (Lipinski definition) is 5. The fourth-order valence-corrected chi connectivity index (χ4v) is 2.53. The number of hydrogen-bond donors (Lipinski definition) is 2. The van der Waals surface area contributed by atoms with E-state index in [9.17, 15) is 9.59 Å². The van der Waals surface area contributed by atoms with E-state index in [-0.39, 0.29) is 25.0 Å². The summed E-state index contributed by atoms with van der Waals surface area (Å²) in [5.74, 6) is 0.711. The molecule has 7 heteroatoms. The van der Waals surface area contributed by atoms with Gasteiger partial charge in [0.1, 0.15) is 0 Å². The number of nitrogens with one attached hydrogen (secondary N) is 2. The average molecular weight is 347 g/mol. The van der Waals surface area contributed by atoms with Crippen molar-refractivity contribution in [1.29, 1.82) is 0 Å². The lowest BCUT2D eigenvalue weighted by molar-refractivity contribution is -0.114. The van der Waals surface area contributed by atoms with Crippen molar-refractivity contribution in [2.45, 2.75) is 6.92 Å². The van der Waals surface area contributed by atoms with Crippen molar-refractivity contribution < 1.29 is 19.1 Å². The minimum Gasteiger partial charge on any atom is -0.454 e. The molecule has 0 atom stereocenters. The molecule has 0 radical (unpaired) electrons. The first-order valence-electron chi connectivity index (χ1n) is 7.27.